The fraction of sp³-hybridized carbons (Fsp3) is 0.375. The number of hydrogen-bond donors (Lipinski definition) is 1. The first-order valence-electron chi connectivity index (χ1n) is 9.87. The van der Waals surface area contributed by atoms with Crippen molar-refractivity contribution in [2.45, 2.75) is 38.6 Å². The average Bonchev–Trinajstić information content (AvgIpc) is 2.74. The minimum atomic E-state index is -0.809. The molecule has 0 radical (unpaired) electrons. The van der Waals surface area contributed by atoms with E-state index >= 15 is 0 Å². The molecule has 2 rings (SSSR count). The third-order valence-corrected chi connectivity index (χ3v) is 5.30. The summed E-state index contributed by atoms with van der Waals surface area (Å²) in [5, 5.41) is 2.75. The van der Waals surface area contributed by atoms with E-state index in [4.69, 9.17) is 4.74 Å². The van der Waals surface area contributed by atoms with Crippen molar-refractivity contribution >= 4 is 29.4 Å². The number of nitrogens with one attached hydrogen (secondary N) is 1. The molecule has 0 saturated heterocycles. The molecule has 5 nitrogen and oxygen atoms in total. The van der Waals surface area contributed by atoms with Crippen LogP contribution in [0.1, 0.15) is 53.5 Å². The van der Waals surface area contributed by atoms with Crippen LogP contribution in [0.4, 0.5) is 0 Å². The Morgan fingerprint density at radius 3 is 2.17 bits per heavy atom. The Morgan fingerprint density at radius 1 is 0.967 bits per heavy atom. The number of ketones is 1. The number of esters is 1. The Kier molecular flexibility index (Phi) is 8.66. The molecule has 30 heavy (non-hydrogen) atoms. The summed E-state index contributed by atoms with van der Waals surface area (Å²) >= 11 is 1.57. The molecule has 160 valence electrons. The zero-order chi connectivity index (χ0) is 22.1. The second-order valence-corrected chi connectivity index (χ2v) is 9.02. The highest BCUT2D eigenvalue weighted by Gasteiger charge is 2.24. The van der Waals surface area contributed by atoms with E-state index in [1.807, 2.05) is 24.5 Å². The average molecular weight is 428 g/mol. The quantitative estimate of drug-likeness (QED) is 0.478. The molecular formula is C24H29NO4S. The van der Waals surface area contributed by atoms with Crippen LogP contribution in [0.15, 0.2) is 54.6 Å². The van der Waals surface area contributed by atoms with E-state index in [-0.39, 0.29) is 23.7 Å². The number of hydrogen-bond acceptors (Lipinski definition) is 5. The SMILES string of the molecule is CSCC[C@H](NC(=O)c1ccc(C(C)(C)C)cc1)C(=O)OCC(=O)c1ccccc1. The number of carbonyl (C=O) groups excluding carboxylic acids is 3. The van der Waals surface area contributed by atoms with Crippen LogP contribution in [0.2, 0.25) is 0 Å². The normalized spacial score (nSPS) is 12.1. The number of benzene rings is 2. The summed E-state index contributed by atoms with van der Waals surface area (Å²) in [5.74, 6) is -0.548. The van der Waals surface area contributed by atoms with Crippen LogP contribution >= 0.6 is 11.8 Å². The highest BCUT2D eigenvalue weighted by molar-refractivity contribution is 7.98. The van der Waals surface area contributed by atoms with Crippen LogP contribution in [-0.4, -0.2) is 42.3 Å². The first-order valence-corrected chi connectivity index (χ1v) is 11.3. The predicted octanol–water partition coefficient (Wildman–Crippen LogP) is 4.26. The largest absolute Gasteiger partial charge is 0.456 e. The number of ether oxygens (including phenoxy) is 1. The van der Waals surface area contributed by atoms with Gasteiger partial charge >= 0.3 is 5.97 Å². The van der Waals surface area contributed by atoms with Crippen molar-refractivity contribution in [3.8, 4) is 0 Å². The Hall–Kier alpha value is -2.60. The van der Waals surface area contributed by atoms with Crippen LogP contribution in [0.25, 0.3) is 0 Å². The van der Waals surface area contributed by atoms with E-state index in [2.05, 4.69) is 26.1 Å². The molecule has 0 spiro atoms. The molecule has 6 heteroatoms. The molecule has 0 saturated carbocycles. The first kappa shape index (κ1) is 23.7. The van der Waals surface area contributed by atoms with Gasteiger partial charge in [0.15, 0.2) is 12.4 Å². The lowest BCUT2D eigenvalue weighted by Crippen LogP contribution is -2.42. The standard InChI is InChI=1S/C24H29NO4S/c1-24(2,3)19-12-10-18(11-13-19)22(27)25-20(14-15-30-4)23(28)29-16-21(26)17-8-6-5-7-9-17/h5-13,20H,14-16H2,1-4H3,(H,25,27)/t20-/m0/s1. The molecule has 0 bridgehead atoms. The van der Waals surface area contributed by atoms with Crippen molar-refractivity contribution in [3.05, 3.63) is 71.3 Å². The minimum absolute atomic E-state index is 0.00894. The van der Waals surface area contributed by atoms with E-state index in [0.29, 0.717) is 23.3 Å². The summed E-state index contributed by atoms with van der Waals surface area (Å²) in [7, 11) is 0. The molecule has 0 aliphatic rings. The second-order valence-electron chi connectivity index (χ2n) is 8.03. The predicted molar refractivity (Wildman–Crippen MR) is 121 cm³/mol. The molecule has 0 fully saturated rings. The topological polar surface area (TPSA) is 72.5 Å². The van der Waals surface area contributed by atoms with E-state index in [1.165, 1.54) is 0 Å². The van der Waals surface area contributed by atoms with Gasteiger partial charge in [-0.15, -0.1) is 0 Å². The lowest BCUT2D eigenvalue weighted by molar-refractivity contribution is -0.144. The van der Waals surface area contributed by atoms with Crippen molar-refractivity contribution in [2.24, 2.45) is 0 Å². The van der Waals surface area contributed by atoms with Gasteiger partial charge in [0.25, 0.3) is 5.91 Å². The molecule has 1 N–H and O–H groups in total. The van der Waals surface area contributed by atoms with Gasteiger partial charge in [0.2, 0.25) is 0 Å². The Morgan fingerprint density at radius 2 is 1.60 bits per heavy atom. The van der Waals surface area contributed by atoms with Gasteiger partial charge in [-0.05, 0) is 41.5 Å². The fourth-order valence-electron chi connectivity index (χ4n) is 2.79. The zero-order valence-corrected chi connectivity index (χ0v) is 18.8. The first-order chi connectivity index (χ1) is 14.2. The van der Waals surface area contributed by atoms with Crippen LogP contribution < -0.4 is 5.32 Å². The minimum Gasteiger partial charge on any atom is -0.456 e. The molecule has 2 aromatic rings. The molecular weight excluding hydrogens is 398 g/mol. The lowest BCUT2D eigenvalue weighted by atomic mass is 9.86. The molecule has 0 heterocycles. The molecule has 0 aliphatic carbocycles. The van der Waals surface area contributed by atoms with Crippen molar-refractivity contribution in [1.29, 1.82) is 0 Å². The van der Waals surface area contributed by atoms with E-state index < -0.39 is 12.0 Å². The van der Waals surface area contributed by atoms with Gasteiger partial charge in [-0.3, -0.25) is 9.59 Å². The van der Waals surface area contributed by atoms with Gasteiger partial charge in [0.1, 0.15) is 6.04 Å². The fourth-order valence-corrected chi connectivity index (χ4v) is 3.26. The third kappa shape index (κ3) is 7.02. The maximum absolute atomic E-state index is 12.7. The van der Waals surface area contributed by atoms with Crippen LogP contribution in [0, 0.1) is 0 Å². The van der Waals surface area contributed by atoms with E-state index in [9.17, 15) is 14.4 Å². The van der Waals surface area contributed by atoms with E-state index in [1.54, 1.807) is 48.2 Å². The van der Waals surface area contributed by atoms with Crippen molar-refractivity contribution in [1.82, 2.24) is 5.32 Å². The van der Waals surface area contributed by atoms with Crippen molar-refractivity contribution in [3.63, 3.8) is 0 Å². The second kappa shape index (κ2) is 11.0. The number of amides is 1. The zero-order valence-electron chi connectivity index (χ0n) is 17.9. The van der Waals surface area contributed by atoms with Crippen LogP contribution in [-0.2, 0) is 14.9 Å². The summed E-state index contributed by atoms with van der Waals surface area (Å²) in [6, 6.07) is 15.2. The number of rotatable bonds is 9. The van der Waals surface area contributed by atoms with E-state index in [0.717, 1.165) is 5.56 Å². The van der Waals surface area contributed by atoms with Crippen LogP contribution in [0.3, 0.4) is 0 Å². The van der Waals surface area contributed by atoms with Crippen molar-refractivity contribution in [2.75, 3.05) is 18.6 Å². The summed E-state index contributed by atoms with van der Waals surface area (Å²) < 4.78 is 5.21. The Labute approximate surface area is 182 Å². The molecule has 0 aromatic heterocycles. The molecule has 0 aliphatic heterocycles. The maximum atomic E-state index is 12.7. The lowest BCUT2D eigenvalue weighted by Gasteiger charge is -2.20. The molecule has 1 amide bonds. The summed E-state index contributed by atoms with van der Waals surface area (Å²) in [6.07, 6.45) is 2.35. The van der Waals surface area contributed by atoms with Gasteiger partial charge in [-0.25, -0.2) is 4.79 Å². The van der Waals surface area contributed by atoms with Gasteiger partial charge in [0.05, 0.1) is 0 Å². The van der Waals surface area contributed by atoms with Crippen molar-refractivity contribution < 1.29 is 19.1 Å². The van der Waals surface area contributed by atoms with Gasteiger partial charge < -0.3 is 10.1 Å². The highest BCUT2D eigenvalue weighted by Crippen LogP contribution is 2.22. The number of carbonyl (C=O) groups is 3. The van der Waals surface area contributed by atoms with Crippen LogP contribution in [0.5, 0.6) is 0 Å². The molecule has 2 aromatic carbocycles. The number of Topliss-reactive ketones (excluding diaryl/α,β-unsaturated/α-hetero) is 1. The smallest absolute Gasteiger partial charge is 0.329 e. The Balaban J connectivity index is 2.00. The molecule has 0 unspecified atom stereocenters. The molecule has 1 atom stereocenters. The summed E-state index contributed by atoms with van der Waals surface area (Å²) in [4.78, 5) is 37.4. The highest BCUT2D eigenvalue weighted by atomic mass is 32.2. The monoisotopic (exact) mass is 427 g/mol. The van der Waals surface area contributed by atoms with Gasteiger partial charge in [0, 0.05) is 11.1 Å². The summed E-state index contributed by atoms with van der Waals surface area (Å²) in [6.45, 7) is 5.96. The number of thioether (sulfide) groups is 1. The Bertz CT molecular complexity index is 857. The third-order valence-electron chi connectivity index (χ3n) is 4.65. The van der Waals surface area contributed by atoms with Gasteiger partial charge in [-0.2, -0.15) is 11.8 Å². The van der Waals surface area contributed by atoms with Gasteiger partial charge in [-0.1, -0.05) is 63.2 Å². The maximum Gasteiger partial charge on any atom is 0.329 e. The summed E-state index contributed by atoms with van der Waals surface area (Å²) in [5.41, 5.74) is 2.07.